The van der Waals surface area contributed by atoms with E-state index >= 15 is 0 Å². The molecule has 0 radical (unpaired) electrons. The number of aliphatic carboxylic acids is 1. The van der Waals surface area contributed by atoms with E-state index < -0.39 is 18.2 Å². The lowest BCUT2D eigenvalue weighted by Crippen LogP contribution is -2.22. The molecule has 1 aromatic carbocycles. The molecule has 3 N–H and O–H groups in total. The van der Waals surface area contributed by atoms with Gasteiger partial charge in [0.1, 0.15) is 5.82 Å². The van der Waals surface area contributed by atoms with Crippen LogP contribution in [0.2, 0.25) is 0 Å². The van der Waals surface area contributed by atoms with Gasteiger partial charge in [0.25, 0.3) is 0 Å². The Labute approximate surface area is 173 Å². The SMILES string of the molecule is CC(C#Cc1ccccc1F)CC[C@@H]1[C@@H](CCCCCCC(=O)O)[C@@H](O)C[C@H]1O. The molecule has 1 saturated carbocycles. The van der Waals surface area contributed by atoms with Gasteiger partial charge in [-0.2, -0.15) is 0 Å². The van der Waals surface area contributed by atoms with E-state index in [1.54, 1.807) is 18.2 Å². The van der Waals surface area contributed by atoms with Crippen LogP contribution in [0.4, 0.5) is 4.39 Å². The molecule has 0 saturated heterocycles. The van der Waals surface area contributed by atoms with Crippen molar-refractivity contribution < 1.29 is 24.5 Å². The van der Waals surface area contributed by atoms with Crippen LogP contribution in [0.15, 0.2) is 24.3 Å². The number of unbranched alkanes of at least 4 members (excludes halogenated alkanes) is 3. The first kappa shape index (κ1) is 23.4. The van der Waals surface area contributed by atoms with E-state index in [1.807, 2.05) is 6.92 Å². The summed E-state index contributed by atoms with van der Waals surface area (Å²) in [6.07, 6.45) is 5.55. The first-order chi connectivity index (χ1) is 13.9. The van der Waals surface area contributed by atoms with Crippen molar-refractivity contribution in [1.82, 2.24) is 0 Å². The van der Waals surface area contributed by atoms with Crippen LogP contribution < -0.4 is 0 Å². The van der Waals surface area contributed by atoms with Crippen molar-refractivity contribution in [3.8, 4) is 11.8 Å². The van der Waals surface area contributed by atoms with Crippen molar-refractivity contribution in [1.29, 1.82) is 0 Å². The van der Waals surface area contributed by atoms with Crippen LogP contribution in [0.25, 0.3) is 0 Å². The van der Waals surface area contributed by atoms with Gasteiger partial charge in [-0.15, -0.1) is 0 Å². The van der Waals surface area contributed by atoms with E-state index in [0.717, 1.165) is 38.5 Å². The van der Waals surface area contributed by atoms with Crippen LogP contribution in [0, 0.1) is 35.4 Å². The highest BCUT2D eigenvalue weighted by Gasteiger charge is 2.40. The van der Waals surface area contributed by atoms with Crippen LogP contribution in [0.3, 0.4) is 0 Å². The third-order valence-corrected chi connectivity index (χ3v) is 5.96. The van der Waals surface area contributed by atoms with Gasteiger partial charge >= 0.3 is 5.97 Å². The van der Waals surface area contributed by atoms with Crippen LogP contribution in [-0.2, 0) is 4.79 Å². The van der Waals surface area contributed by atoms with E-state index in [-0.39, 0.29) is 30.0 Å². The smallest absolute Gasteiger partial charge is 0.303 e. The highest BCUT2D eigenvalue weighted by Crippen LogP contribution is 2.39. The van der Waals surface area contributed by atoms with Crippen molar-refractivity contribution in [2.75, 3.05) is 0 Å². The van der Waals surface area contributed by atoms with Gasteiger partial charge in [-0.1, -0.05) is 50.2 Å². The molecule has 1 aromatic rings. The average molecular weight is 405 g/mol. The molecule has 1 fully saturated rings. The van der Waals surface area contributed by atoms with Crippen LogP contribution in [0.5, 0.6) is 0 Å². The Kier molecular flexibility index (Phi) is 9.63. The maximum Gasteiger partial charge on any atom is 0.303 e. The number of carbonyl (C=O) groups is 1. The lowest BCUT2D eigenvalue weighted by atomic mass is 9.84. The Bertz CT molecular complexity index is 708. The average Bonchev–Trinajstić information content (AvgIpc) is 2.94. The zero-order chi connectivity index (χ0) is 21.2. The minimum absolute atomic E-state index is 0.0572. The molecule has 4 nitrogen and oxygen atoms in total. The van der Waals surface area contributed by atoms with Gasteiger partial charge in [-0.05, 0) is 56.1 Å². The van der Waals surface area contributed by atoms with Crippen molar-refractivity contribution in [3.63, 3.8) is 0 Å². The Morgan fingerprint density at radius 1 is 1.10 bits per heavy atom. The molecule has 1 aliphatic carbocycles. The summed E-state index contributed by atoms with van der Waals surface area (Å²) in [4.78, 5) is 10.5. The highest BCUT2D eigenvalue weighted by molar-refractivity contribution is 5.66. The summed E-state index contributed by atoms with van der Waals surface area (Å²) in [5.41, 5.74) is 0.399. The molecular formula is C24H33FO4. The molecule has 0 spiro atoms. The lowest BCUT2D eigenvalue weighted by molar-refractivity contribution is -0.137. The number of benzene rings is 1. The van der Waals surface area contributed by atoms with Gasteiger partial charge in [-0.25, -0.2) is 4.39 Å². The Balaban J connectivity index is 1.79. The summed E-state index contributed by atoms with van der Waals surface area (Å²) >= 11 is 0. The fourth-order valence-corrected chi connectivity index (χ4v) is 4.27. The normalized spacial score (nSPS) is 24.7. The van der Waals surface area contributed by atoms with Crippen molar-refractivity contribution >= 4 is 5.97 Å². The van der Waals surface area contributed by atoms with Gasteiger partial charge in [0.15, 0.2) is 0 Å². The molecule has 0 bridgehead atoms. The van der Waals surface area contributed by atoms with Crippen molar-refractivity contribution in [2.24, 2.45) is 17.8 Å². The van der Waals surface area contributed by atoms with Gasteiger partial charge in [0, 0.05) is 12.3 Å². The predicted molar refractivity (Wildman–Crippen MR) is 111 cm³/mol. The van der Waals surface area contributed by atoms with Gasteiger partial charge in [-0.3, -0.25) is 4.79 Å². The highest BCUT2D eigenvalue weighted by atomic mass is 19.1. The van der Waals surface area contributed by atoms with E-state index in [2.05, 4.69) is 11.8 Å². The third kappa shape index (κ3) is 7.79. The topological polar surface area (TPSA) is 77.8 Å². The van der Waals surface area contributed by atoms with E-state index in [4.69, 9.17) is 5.11 Å². The van der Waals surface area contributed by atoms with Crippen LogP contribution in [-0.4, -0.2) is 33.5 Å². The Morgan fingerprint density at radius 2 is 1.76 bits per heavy atom. The van der Waals surface area contributed by atoms with E-state index in [1.165, 1.54) is 6.07 Å². The number of carboxylic acids is 1. The molecule has 2 rings (SSSR count). The van der Waals surface area contributed by atoms with Crippen LogP contribution >= 0.6 is 0 Å². The second kappa shape index (κ2) is 11.9. The number of aliphatic hydroxyl groups is 2. The summed E-state index contributed by atoms with van der Waals surface area (Å²) < 4.78 is 13.7. The van der Waals surface area contributed by atoms with Gasteiger partial charge < -0.3 is 15.3 Å². The molecule has 5 heteroatoms. The summed E-state index contributed by atoms with van der Waals surface area (Å²) in [5, 5.41) is 29.4. The molecule has 1 unspecified atom stereocenters. The molecule has 5 atom stereocenters. The first-order valence-electron chi connectivity index (χ1n) is 10.7. The fraction of sp³-hybridized carbons (Fsp3) is 0.625. The number of halogens is 1. The summed E-state index contributed by atoms with van der Waals surface area (Å²) in [6.45, 7) is 2.00. The van der Waals surface area contributed by atoms with E-state index in [0.29, 0.717) is 18.4 Å². The Morgan fingerprint density at radius 3 is 2.45 bits per heavy atom. The number of rotatable bonds is 10. The Hall–Kier alpha value is -1.90. The standard InChI is InChI=1S/C24H33FO4/c1-17(12-14-18-8-6-7-10-21(18)25)13-15-20-19(22(26)16-23(20)27)9-4-2-3-5-11-24(28)29/h6-8,10,17,19-20,22-23,26-27H,2-5,9,11,13,15-16H2,1H3,(H,28,29)/t17?,19-,20-,22+,23-/m1/s1. The monoisotopic (exact) mass is 404 g/mol. The number of hydrogen-bond acceptors (Lipinski definition) is 3. The minimum atomic E-state index is -0.758. The zero-order valence-corrected chi connectivity index (χ0v) is 17.2. The second-order valence-corrected chi connectivity index (χ2v) is 8.27. The minimum Gasteiger partial charge on any atom is -0.481 e. The first-order valence-corrected chi connectivity index (χ1v) is 10.7. The number of carboxylic acid groups (broad SMARTS) is 1. The molecule has 29 heavy (non-hydrogen) atoms. The molecule has 0 heterocycles. The lowest BCUT2D eigenvalue weighted by Gasteiger charge is -2.24. The number of aliphatic hydroxyl groups excluding tert-OH is 2. The fourth-order valence-electron chi connectivity index (χ4n) is 4.27. The molecule has 0 amide bonds. The quantitative estimate of drug-likeness (QED) is 0.400. The molecule has 0 aromatic heterocycles. The largest absolute Gasteiger partial charge is 0.481 e. The van der Waals surface area contributed by atoms with E-state index in [9.17, 15) is 19.4 Å². The molecular weight excluding hydrogens is 371 g/mol. The molecule has 160 valence electrons. The maximum absolute atomic E-state index is 13.7. The molecule has 0 aliphatic heterocycles. The number of hydrogen-bond donors (Lipinski definition) is 3. The summed E-state index contributed by atoms with van der Waals surface area (Å²) in [6, 6.07) is 6.47. The van der Waals surface area contributed by atoms with Crippen molar-refractivity contribution in [2.45, 2.75) is 76.9 Å². The predicted octanol–water partition coefficient (Wildman–Crippen LogP) is 4.38. The molecule has 1 aliphatic rings. The van der Waals surface area contributed by atoms with Crippen molar-refractivity contribution in [3.05, 3.63) is 35.6 Å². The maximum atomic E-state index is 13.7. The third-order valence-electron chi connectivity index (χ3n) is 5.96. The second-order valence-electron chi connectivity index (χ2n) is 8.27. The van der Waals surface area contributed by atoms with Crippen LogP contribution in [0.1, 0.15) is 70.3 Å². The summed E-state index contributed by atoms with van der Waals surface area (Å²) in [7, 11) is 0. The zero-order valence-electron chi connectivity index (χ0n) is 17.2. The van der Waals surface area contributed by atoms with Gasteiger partial charge in [0.05, 0.1) is 17.8 Å². The summed E-state index contributed by atoms with van der Waals surface area (Å²) in [5.74, 6) is 5.14. The van der Waals surface area contributed by atoms with Gasteiger partial charge in [0.2, 0.25) is 0 Å².